The van der Waals surface area contributed by atoms with Crippen molar-refractivity contribution < 1.29 is 23.5 Å². The van der Waals surface area contributed by atoms with E-state index in [4.69, 9.17) is 13.8 Å². The molecule has 0 saturated heterocycles. The van der Waals surface area contributed by atoms with Crippen LogP contribution in [0.4, 0.5) is 0 Å². The summed E-state index contributed by atoms with van der Waals surface area (Å²) in [6, 6.07) is 0.938. The second-order valence-electron chi connectivity index (χ2n) is 5.49. The van der Waals surface area contributed by atoms with Gasteiger partial charge in [0.2, 0.25) is 0 Å². The molecule has 10 heteroatoms. The molecule has 1 saturated carbocycles. The summed E-state index contributed by atoms with van der Waals surface area (Å²) < 4.78 is 29.6. The Balaban J connectivity index is 2.02. The molecule has 0 amide bonds. The number of aromatic nitrogens is 2. The number of hydrogen-bond acceptors (Lipinski definition) is 7. The smallest absolute Gasteiger partial charge is 0.356 e. The molecule has 1 aromatic rings. The van der Waals surface area contributed by atoms with Gasteiger partial charge in [0.25, 0.3) is 5.56 Å². The van der Waals surface area contributed by atoms with Crippen molar-refractivity contribution >= 4 is 7.60 Å². The first-order valence-electron chi connectivity index (χ1n) is 7.87. The second kappa shape index (κ2) is 8.22. The van der Waals surface area contributed by atoms with E-state index in [1.54, 1.807) is 13.8 Å². The molecule has 24 heavy (non-hydrogen) atoms. The topological polar surface area (TPSA) is 120 Å². The van der Waals surface area contributed by atoms with Crippen LogP contribution in [0.1, 0.15) is 32.7 Å². The zero-order valence-corrected chi connectivity index (χ0v) is 14.6. The second-order valence-corrected chi connectivity index (χ2v) is 7.49. The molecule has 1 aromatic heterocycles. The van der Waals surface area contributed by atoms with Crippen LogP contribution in [0.5, 0.6) is 0 Å². The number of rotatable bonds is 8. The molecule has 1 aliphatic rings. The van der Waals surface area contributed by atoms with Gasteiger partial charge in [0.05, 0.1) is 25.4 Å². The van der Waals surface area contributed by atoms with Crippen LogP contribution < -0.4 is 11.2 Å². The molecule has 3 atom stereocenters. The highest BCUT2D eigenvalue weighted by Crippen LogP contribution is 2.49. The lowest BCUT2D eigenvalue weighted by Crippen LogP contribution is -2.31. The first kappa shape index (κ1) is 19.1. The molecule has 1 fully saturated rings. The molecular weight excluding hydrogens is 339 g/mol. The number of ether oxygens (including phenoxy) is 1. The summed E-state index contributed by atoms with van der Waals surface area (Å²) >= 11 is 0. The minimum Gasteiger partial charge on any atom is -0.390 e. The quantitative estimate of drug-likeness (QED) is 0.658. The van der Waals surface area contributed by atoms with Crippen LogP contribution >= 0.6 is 7.60 Å². The van der Waals surface area contributed by atoms with Gasteiger partial charge in [-0.1, -0.05) is 0 Å². The molecule has 0 aromatic carbocycles. The van der Waals surface area contributed by atoms with E-state index in [9.17, 15) is 19.3 Å². The first-order valence-corrected chi connectivity index (χ1v) is 9.60. The fourth-order valence-electron chi connectivity index (χ4n) is 2.77. The Morgan fingerprint density at radius 2 is 1.96 bits per heavy atom. The van der Waals surface area contributed by atoms with Crippen LogP contribution in [-0.4, -0.2) is 46.4 Å². The number of H-pyrrole nitrogens is 1. The lowest BCUT2D eigenvalue weighted by Gasteiger charge is -2.21. The largest absolute Gasteiger partial charge is 0.390 e. The highest BCUT2D eigenvalue weighted by Gasteiger charge is 2.37. The SMILES string of the molecule is CCOP(=O)(CO[C@H]1C[C@@H](n2ccc(=O)[nH]c2=O)CC1O)OCC. The van der Waals surface area contributed by atoms with Crippen molar-refractivity contribution in [3.63, 3.8) is 0 Å². The molecule has 1 heterocycles. The number of aliphatic hydroxyl groups excluding tert-OH is 1. The third-order valence-electron chi connectivity index (χ3n) is 3.79. The van der Waals surface area contributed by atoms with E-state index in [0.717, 1.165) is 0 Å². The zero-order chi connectivity index (χ0) is 17.7. The molecule has 136 valence electrons. The number of nitrogens with zero attached hydrogens (tertiary/aromatic N) is 1. The lowest BCUT2D eigenvalue weighted by atomic mass is 10.2. The molecule has 2 N–H and O–H groups in total. The zero-order valence-electron chi connectivity index (χ0n) is 13.7. The van der Waals surface area contributed by atoms with Crippen LogP contribution in [0.15, 0.2) is 21.9 Å². The molecule has 0 radical (unpaired) electrons. The summed E-state index contributed by atoms with van der Waals surface area (Å²) in [4.78, 5) is 25.1. The summed E-state index contributed by atoms with van der Waals surface area (Å²) in [5, 5.41) is 10.1. The normalized spacial score (nSPS) is 24.4. The van der Waals surface area contributed by atoms with E-state index < -0.39 is 31.1 Å². The van der Waals surface area contributed by atoms with Crippen molar-refractivity contribution in [1.82, 2.24) is 9.55 Å². The minimum atomic E-state index is -3.36. The summed E-state index contributed by atoms with van der Waals surface area (Å²) in [7, 11) is -3.36. The Hall–Kier alpha value is -1.25. The van der Waals surface area contributed by atoms with Gasteiger partial charge in [-0.3, -0.25) is 18.9 Å². The Bertz CT molecular complexity index is 691. The van der Waals surface area contributed by atoms with Gasteiger partial charge in [0, 0.05) is 18.3 Å². The van der Waals surface area contributed by atoms with Crippen molar-refractivity contribution in [2.45, 2.75) is 44.9 Å². The molecule has 0 aliphatic heterocycles. The van der Waals surface area contributed by atoms with Gasteiger partial charge in [-0.15, -0.1) is 0 Å². The predicted molar refractivity (Wildman–Crippen MR) is 86.2 cm³/mol. The van der Waals surface area contributed by atoms with E-state index in [2.05, 4.69) is 4.98 Å². The van der Waals surface area contributed by atoms with Gasteiger partial charge in [-0.2, -0.15) is 0 Å². The Kier molecular flexibility index (Phi) is 6.54. The summed E-state index contributed by atoms with van der Waals surface area (Å²) in [5.74, 6) is 0. The van der Waals surface area contributed by atoms with Gasteiger partial charge in [-0.05, 0) is 26.7 Å². The maximum absolute atomic E-state index is 12.4. The number of aliphatic hydroxyl groups is 1. The molecular formula is C14H23N2O7P. The van der Waals surface area contributed by atoms with E-state index in [-0.39, 0.29) is 25.6 Å². The van der Waals surface area contributed by atoms with Crippen molar-refractivity contribution in [2.24, 2.45) is 0 Å². The van der Waals surface area contributed by atoms with Gasteiger partial charge in [-0.25, -0.2) is 4.79 Å². The maximum atomic E-state index is 12.4. The highest BCUT2D eigenvalue weighted by atomic mass is 31.2. The van der Waals surface area contributed by atoms with Crippen molar-refractivity contribution in [3.05, 3.63) is 33.1 Å². The first-order chi connectivity index (χ1) is 11.4. The van der Waals surface area contributed by atoms with Gasteiger partial charge in [0.15, 0.2) is 0 Å². The van der Waals surface area contributed by atoms with Crippen molar-refractivity contribution in [3.8, 4) is 0 Å². The monoisotopic (exact) mass is 362 g/mol. The van der Waals surface area contributed by atoms with E-state index in [1.165, 1.54) is 16.8 Å². The van der Waals surface area contributed by atoms with Crippen LogP contribution in [0.2, 0.25) is 0 Å². The van der Waals surface area contributed by atoms with Gasteiger partial charge in [0.1, 0.15) is 6.35 Å². The third kappa shape index (κ3) is 4.64. The van der Waals surface area contributed by atoms with Crippen molar-refractivity contribution in [1.29, 1.82) is 0 Å². The fourth-order valence-corrected chi connectivity index (χ4v) is 4.15. The molecule has 9 nitrogen and oxygen atoms in total. The molecule has 1 aliphatic carbocycles. The number of aromatic amines is 1. The highest BCUT2D eigenvalue weighted by molar-refractivity contribution is 7.53. The summed E-state index contributed by atoms with van der Waals surface area (Å²) in [5.41, 5.74) is -1.01. The van der Waals surface area contributed by atoms with Gasteiger partial charge < -0.3 is 18.9 Å². The number of hydrogen-bond donors (Lipinski definition) is 2. The number of nitrogens with one attached hydrogen (secondary N) is 1. The standard InChI is InChI=1S/C14H23N2O7P/c1-3-22-24(20,23-4-2)9-21-12-8-10(7-11(12)17)16-6-5-13(18)15-14(16)19/h5-6,10-12,17H,3-4,7-9H2,1-2H3,(H,15,18,19)/t10-,11?,12-/m0/s1. The van der Waals surface area contributed by atoms with Crippen LogP contribution in [0, 0.1) is 0 Å². The summed E-state index contributed by atoms with van der Waals surface area (Å²) in [6.07, 6.45) is 0.374. The maximum Gasteiger partial charge on any atom is 0.356 e. The minimum absolute atomic E-state index is 0.225. The molecule has 0 bridgehead atoms. The lowest BCUT2D eigenvalue weighted by molar-refractivity contribution is -0.00713. The molecule has 1 unspecified atom stereocenters. The Labute approximate surface area is 139 Å². The Morgan fingerprint density at radius 3 is 2.54 bits per heavy atom. The van der Waals surface area contributed by atoms with Crippen molar-refractivity contribution in [2.75, 3.05) is 19.6 Å². The van der Waals surface area contributed by atoms with Crippen LogP contribution in [0.3, 0.4) is 0 Å². The average molecular weight is 362 g/mol. The molecule has 0 spiro atoms. The Morgan fingerprint density at radius 1 is 1.29 bits per heavy atom. The van der Waals surface area contributed by atoms with E-state index >= 15 is 0 Å². The third-order valence-corrected chi connectivity index (χ3v) is 5.56. The average Bonchev–Trinajstić information content (AvgIpc) is 2.86. The molecule has 2 rings (SSSR count). The van der Waals surface area contributed by atoms with E-state index in [1.807, 2.05) is 0 Å². The van der Waals surface area contributed by atoms with Gasteiger partial charge >= 0.3 is 13.3 Å². The predicted octanol–water partition coefficient (Wildman–Crippen LogP) is 0.841. The van der Waals surface area contributed by atoms with Crippen LogP contribution in [-0.2, 0) is 18.3 Å². The van der Waals surface area contributed by atoms with E-state index in [0.29, 0.717) is 12.8 Å². The van der Waals surface area contributed by atoms with Crippen LogP contribution in [0.25, 0.3) is 0 Å². The fraction of sp³-hybridized carbons (Fsp3) is 0.714. The summed E-state index contributed by atoms with van der Waals surface area (Å²) in [6.45, 7) is 3.86.